The number of nitrogens with one attached hydrogen (secondary N) is 1. The molecule has 0 amide bonds. The van der Waals surface area contributed by atoms with E-state index in [1.165, 1.54) is 0 Å². The summed E-state index contributed by atoms with van der Waals surface area (Å²) in [6.07, 6.45) is 0. The van der Waals surface area contributed by atoms with Crippen LogP contribution in [-0.4, -0.2) is 50.3 Å². The molecule has 1 heterocycles. The Labute approximate surface area is 75.1 Å². The number of nitrogens with zero attached hydrogens (tertiary/aromatic N) is 1. The predicted octanol–water partition coefficient (Wildman–Crippen LogP) is 0.317. The third-order valence-electron chi connectivity index (χ3n) is 2.54. The van der Waals surface area contributed by atoms with Crippen molar-refractivity contribution in [3.8, 4) is 0 Å². The van der Waals surface area contributed by atoms with Gasteiger partial charge in [0.15, 0.2) is 0 Å². The highest BCUT2D eigenvalue weighted by atomic mass is 16.5. The summed E-state index contributed by atoms with van der Waals surface area (Å²) >= 11 is 0. The fourth-order valence-electron chi connectivity index (χ4n) is 1.64. The Morgan fingerprint density at radius 3 is 2.83 bits per heavy atom. The molecule has 1 N–H and O–H groups in total. The summed E-state index contributed by atoms with van der Waals surface area (Å²) in [5.41, 5.74) is 0.288. The molecule has 0 aromatic carbocycles. The van der Waals surface area contributed by atoms with Crippen LogP contribution in [0.2, 0.25) is 0 Å². The number of ether oxygens (including phenoxy) is 1. The molecule has 1 aliphatic heterocycles. The fourth-order valence-corrected chi connectivity index (χ4v) is 1.64. The van der Waals surface area contributed by atoms with Gasteiger partial charge < -0.3 is 10.1 Å². The Hall–Kier alpha value is -0.120. The maximum atomic E-state index is 5.08. The standard InChI is InChI=1S/C9H20N2O/c1-9(2)8-10-4-5-11(9)6-7-12-3/h10H,4-8H2,1-3H3. The first kappa shape index (κ1) is 9.96. The molecule has 0 saturated carbocycles. The molecule has 0 atom stereocenters. The Bertz CT molecular complexity index is 136. The van der Waals surface area contributed by atoms with E-state index in [-0.39, 0.29) is 5.54 Å². The monoisotopic (exact) mass is 172 g/mol. The molecule has 1 fully saturated rings. The lowest BCUT2D eigenvalue weighted by Gasteiger charge is -2.42. The van der Waals surface area contributed by atoms with Gasteiger partial charge in [-0.1, -0.05) is 0 Å². The Morgan fingerprint density at radius 1 is 1.50 bits per heavy atom. The number of methoxy groups -OCH3 is 1. The topological polar surface area (TPSA) is 24.5 Å². The smallest absolute Gasteiger partial charge is 0.0589 e. The van der Waals surface area contributed by atoms with E-state index in [1.807, 2.05) is 0 Å². The molecule has 1 aliphatic rings. The molecule has 3 nitrogen and oxygen atoms in total. The van der Waals surface area contributed by atoms with Gasteiger partial charge >= 0.3 is 0 Å². The first-order chi connectivity index (χ1) is 5.67. The summed E-state index contributed by atoms with van der Waals surface area (Å²) in [5.74, 6) is 0. The van der Waals surface area contributed by atoms with Crippen molar-refractivity contribution < 1.29 is 4.74 Å². The van der Waals surface area contributed by atoms with Crippen molar-refractivity contribution in [3.63, 3.8) is 0 Å². The fraction of sp³-hybridized carbons (Fsp3) is 1.00. The molecule has 0 spiro atoms. The zero-order valence-electron chi connectivity index (χ0n) is 8.39. The summed E-state index contributed by atoms with van der Waals surface area (Å²) in [5, 5.41) is 3.40. The summed E-state index contributed by atoms with van der Waals surface area (Å²) in [6.45, 7) is 9.75. The molecule has 72 valence electrons. The van der Waals surface area contributed by atoms with Crippen LogP contribution in [0.4, 0.5) is 0 Å². The van der Waals surface area contributed by atoms with Crippen molar-refractivity contribution in [3.05, 3.63) is 0 Å². The lowest BCUT2D eigenvalue weighted by atomic mass is 10.0. The minimum Gasteiger partial charge on any atom is -0.383 e. The van der Waals surface area contributed by atoms with Gasteiger partial charge in [-0.3, -0.25) is 4.90 Å². The quantitative estimate of drug-likeness (QED) is 0.663. The third kappa shape index (κ3) is 2.44. The summed E-state index contributed by atoms with van der Waals surface area (Å²) in [4.78, 5) is 2.48. The van der Waals surface area contributed by atoms with Gasteiger partial charge in [0, 0.05) is 38.8 Å². The van der Waals surface area contributed by atoms with Gasteiger partial charge in [0.1, 0.15) is 0 Å². The average molecular weight is 172 g/mol. The molecule has 0 aliphatic carbocycles. The second kappa shape index (κ2) is 4.21. The van der Waals surface area contributed by atoms with E-state index >= 15 is 0 Å². The summed E-state index contributed by atoms with van der Waals surface area (Å²) < 4.78 is 5.08. The van der Waals surface area contributed by atoms with E-state index in [0.29, 0.717) is 0 Å². The molecule has 0 radical (unpaired) electrons. The van der Waals surface area contributed by atoms with E-state index in [1.54, 1.807) is 7.11 Å². The first-order valence-electron chi connectivity index (χ1n) is 4.61. The number of hydrogen-bond donors (Lipinski definition) is 1. The lowest BCUT2D eigenvalue weighted by Crippen LogP contribution is -2.58. The van der Waals surface area contributed by atoms with Gasteiger partial charge in [-0.15, -0.1) is 0 Å². The Morgan fingerprint density at radius 2 is 2.25 bits per heavy atom. The minimum absolute atomic E-state index is 0.288. The number of rotatable bonds is 3. The average Bonchev–Trinajstić information content (AvgIpc) is 2.02. The van der Waals surface area contributed by atoms with Crippen LogP contribution >= 0.6 is 0 Å². The maximum absolute atomic E-state index is 5.08. The molecule has 1 rings (SSSR count). The van der Waals surface area contributed by atoms with Gasteiger partial charge in [0.2, 0.25) is 0 Å². The van der Waals surface area contributed by atoms with Crippen LogP contribution in [0.5, 0.6) is 0 Å². The maximum Gasteiger partial charge on any atom is 0.0589 e. The first-order valence-corrected chi connectivity index (χ1v) is 4.61. The zero-order chi connectivity index (χ0) is 9.03. The molecular formula is C9H20N2O. The van der Waals surface area contributed by atoms with Crippen molar-refractivity contribution in [2.75, 3.05) is 39.9 Å². The molecule has 0 aromatic heterocycles. The van der Waals surface area contributed by atoms with Crippen molar-refractivity contribution in [2.45, 2.75) is 19.4 Å². The lowest BCUT2D eigenvalue weighted by molar-refractivity contribution is 0.0580. The SMILES string of the molecule is COCCN1CCNCC1(C)C. The predicted molar refractivity (Wildman–Crippen MR) is 50.4 cm³/mol. The summed E-state index contributed by atoms with van der Waals surface area (Å²) in [6, 6.07) is 0. The minimum atomic E-state index is 0.288. The van der Waals surface area contributed by atoms with E-state index in [4.69, 9.17) is 4.74 Å². The Kier molecular flexibility index (Phi) is 3.50. The van der Waals surface area contributed by atoms with Gasteiger partial charge in [-0.25, -0.2) is 0 Å². The zero-order valence-corrected chi connectivity index (χ0v) is 8.39. The van der Waals surface area contributed by atoms with Crippen LogP contribution in [0.15, 0.2) is 0 Å². The van der Waals surface area contributed by atoms with Gasteiger partial charge in [-0.2, -0.15) is 0 Å². The van der Waals surface area contributed by atoms with E-state index in [0.717, 1.165) is 32.8 Å². The van der Waals surface area contributed by atoms with Crippen LogP contribution < -0.4 is 5.32 Å². The highest BCUT2D eigenvalue weighted by molar-refractivity contribution is 4.87. The number of piperazine rings is 1. The molecule has 12 heavy (non-hydrogen) atoms. The second-order valence-corrected chi connectivity index (χ2v) is 3.97. The van der Waals surface area contributed by atoms with Crippen LogP contribution in [0, 0.1) is 0 Å². The third-order valence-corrected chi connectivity index (χ3v) is 2.54. The van der Waals surface area contributed by atoms with E-state index in [9.17, 15) is 0 Å². The van der Waals surface area contributed by atoms with Crippen molar-refractivity contribution >= 4 is 0 Å². The molecule has 0 bridgehead atoms. The Balaban J connectivity index is 2.37. The number of hydrogen-bond acceptors (Lipinski definition) is 3. The van der Waals surface area contributed by atoms with Gasteiger partial charge in [-0.05, 0) is 13.8 Å². The van der Waals surface area contributed by atoms with Crippen molar-refractivity contribution in [1.82, 2.24) is 10.2 Å². The second-order valence-electron chi connectivity index (χ2n) is 3.97. The van der Waals surface area contributed by atoms with Gasteiger partial charge in [0.05, 0.1) is 6.61 Å². The van der Waals surface area contributed by atoms with Crippen LogP contribution in [-0.2, 0) is 4.74 Å². The molecule has 0 unspecified atom stereocenters. The molecule has 1 saturated heterocycles. The summed E-state index contributed by atoms with van der Waals surface area (Å²) in [7, 11) is 1.76. The largest absolute Gasteiger partial charge is 0.383 e. The highest BCUT2D eigenvalue weighted by Gasteiger charge is 2.28. The molecule has 0 aromatic rings. The van der Waals surface area contributed by atoms with Crippen LogP contribution in [0.3, 0.4) is 0 Å². The van der Waals surface area contributed by atoms with Crippen LogP contribution in [0.25, 0.3) is 0 Å². The molecule has 3 heteroatoms. The van der Waals surface area contributed by atoms with Crippen molar-refractivity contribution in [2.24, 2.45) is 0 Å². The van der Waals surface area contributed by atoms with E-state index in [2.05, 4.69) is 24.1 Å². The highest BCUT2D eigenvalue weighted by Crippen LogP contribution is 2.14. The normalized spacial score (nSPS) is 24.2. The molecular weight excluding hydrogens is 152 g/mol. The van der Waals surface area contributed by atoms with E-state index < -0.39 is 0 Å². The van der Waals surface area contributed by atoms with Crippen molar-refractivity contribution in [1.29, 1.82) is 0 Å². The van der Waals surface area contributed by atoms with Crippen LogP contribution in [0.1, 0.15) is 13.8 Å². The van der Waals surface area contributed by atoms with Gasteiger partial charge in [0.25, 0.3) is 0 Å².